The number of carbonyl (C=O) groups excluding carboxylic acids is 3. The summed E-state index contributed by atoms with van der Waals surface area (Å²) in [5.74, 6) is -0.111. The lowest BCUT2D eigenvalue weighted by Gasteiger charge is -2.42. The molecule has 5 aliphatic rings. The van der Waals surface area contributed by atoms with Crippen molar-refractivity contribution in [1.82, 2.24) is 5.32 Å². The fourth-order valence-electron chi connectivity index (χ4n) is 6.05. The Morgan fingerprint density at radius 1 is 1.17 bits per heavy atom. The normalized spacial score (nSPS) is 43.1. The summed E-state index contributed by atoms with van der Waals surface area (Å²) >= 11 is 0. The lowest BCUT2D eigenvalue weighted by atomic mass is 9.63. The average Bonchev–Trinajstić information content (AvgIpc) is 3.12. The van der Waals surface area contributed by atoms with E-state index in [4.69, 9.17) is 14.2 Å². The summed E-state index contributed by atoms with van der Waals surface area (Å²) in [4.78, 5) is 37.6. The predicted octanol–water partition coefficient (Wildman–Crippen LogP) is 1.76. The summed E-state index contributed by atoms with van der Waals surface area (Å²) in [6, 6.07) is 8.55. The largest absolute Gasteiger partial charge is 0.454 e. The van der Waals surface area contributed by atoms with Crippen LogP contribution in [0.2, 0.25) is 0 Å². The zero-order valence-corrected chi connectivity index (χ0v) is 15.7. The van der Waals surface area contributed by atoms with Crippen LogP contribution < -0.4 is 5.32 Å². The highest BCUT2D eigenvalue weighted by molar-refractivity contribution is 5.93. The lowest BCUT2D eigenvalue weighted by Crippen LogP contribution is -2.56. The first-order valence-corrected chi connectivity index (χ1v) is 10.1. The highest BCUT2D eigenvalue weighted by atomic mass is 16.6. The number of carbonyl (C=O) groups is 3. The van der Waals surface area contributed by atoms with Crippen LogP contribution in [0.25, 0.3) is 0 Å². The van der Waals surface area contributed by atoms with Gasteiger partial charge in [0, 0.05) is 18.3 Å². The molecule has 7 heteroatoms. The Hall–Kier alpha value is -2.67. The molecule has 2 aliphatic heterocycles. The van der Waals surface area contributed by atoms with Gasteiger partial charge in [0.2, 0.25) is 0 Å². The van der Waals surface area contributed by atoms with Gasteiger partial charge >= 0.3 is 12.1 Å². The minimum atomic E-state index is -0.831. The molecule has 29 heavy (non-hydrogen) atoms. The van der Waals surface area contributed by atoms with Gasteiger partial charge in [0.25, 0.3) is 0 Å². The van der Waals surface area contributed by atoms with Gasteiger partial charge in [-0.15, -0.1) is 0 Å². The van der Waals surface area contributed by atoms with Crippen molar-refractivity contribution >= 4 is 17.8 Å². The smallest absolute Gasteiger partial charge is 0.408 e. The number of benzene rings is 1. The minimum Gasteiger partial charge on any atom is -0.454 e. The second kappa shape index (κ2) is 5.92. The Morgan fingerprint density at radius 3 is 2.79 bits per heavy atom. The van der Waals surface area contributed by atoms with Gasteiger partial charge in [0.1, 0.15) is 30.5 Å². The molecule has 0 aromatic heterocycles. The van der Waals surface area contributed by atoms with E-state index in [9.17, 15) is 14.4 Å². The number of rotatable bonds is 3. The van der Waals surface area contributed by atoms with E-state index >= 15 is 0 Å². The number of allylic oxidation sites excluding steroid dienone is 2. The highest BCUT2D eigenvalue weighted by Crippen LogP contribution is 2.64. The number of alkyl carbamates (subject to hydrolysis) is 1. The van der Waals surface area contributed by atoms with Crippen molar-refractivity contribution in [2.24, 2.45) is 23.7 Å². The highest BCUT2D eigenvalue weighted by Gasteiger charge is 2.76. The Kier molecular flexibility index (Phi) is 3.51. The van der Waals surface area contributed by atoms with Crippen LogP contribution in [0, 0.1) is 23.7 Å². The van der Waals surface area contributed by atoms with Crippen molar-refractivity contribution in [3.8, 4) is 0 Å². The Balaban J connectivity index is 1.18. The SMILES string of the molecule is O=C(N[C@H]1C[C@]2(OC1=O)[C@@H]1[C@H](C(=O)[C@@H]3O[C@@H]32)[C@@H]2C=C[C@H]1C2)OCc1ccccc1. The average molecular weight is 395 g/mol. The van der Waals surface area contributed by atoms with Crippen molar-refractivity contribution < 1.29 is 28.6 Å². The third-order valence-corrected chi connectivity index (χ3v) is 7.21. The van der Waals surface area contributed by atoms with Crippen LogP contribution in [0.15, 0.2) is 42.5 Å². The van der Waals surface area contributed by atoms with Crippen molar-refractivity contribution in [1.29, 1.82) is 0 Å². The van der Waals surface area contributed by atoms with Gasteiger partial charge in [-0.1, -0.05) is 42.5 Å². The molecular formula is C22H21NO6. The molecule has 1 spiro atoms. The minimum absolute atomic E-state index is 0.0650. The van der Waals surface area contributed by atoms with E-state index in [1.165, 1.54) is 0 Å². The zero-order valence-electron chi connectivity index (χ0n) is 15.7. The maximum absolute atomic E-state index is 12.7. The molecule has 2 heterocycles. The van der Waals surface area contributed by atoms with Crippen LogP contribution in [-0.4, -0.2) is 41.7 Å². The van der Waals surface area contributed by atoms with Gasteiger partial charge in [-0.2, -0.15) is 0 Å². The fraction of sp³-hybridized carbons (Fsp3) is 0.500. The molecule has 8 atom stereocenters. The van der Waals surface area contributed by atoms with E-state index in [2.05, 4.69) is 17.5 Å². The topological polar surface area (TPSA) is 94.2 Å². The standard InChI is InChI=1S/C22H21NO6/c24-17-15-12-6-7-13(8-12)16(15)22(19-18(17)28-19)9-14(20(25)29-22)23-21(26)27-10-11-4-2-1-3-5-11/h1-7,12-16,18-19H,8-10H2,(H,23,26)/t12-,13+,14+,15-,16+,18+,19+,22+/m1/s1. The van der Waals surface area contributed by atoms with Crippen LogP contribution in [0.3, 0.4) is 0 Å². The van der Waals surface area contributed by atoms with Crippen LogP contribution in [0.1, 0.15) is 18.4 Å². The van der Waals surface area contributed by atoms with E-state index in [0.717, 1.165) is 12.0 Å². The second-order valence-electron chi connectivity index (χ2n) is 8.72. The molecule has 1 aromatic rings. The summed E-state index contributed by atoms with van der Waals surface area (Å²) < 4.78 is 16.9. The lowest BCUT2D eigenvalue weighted by molar-refractivity contribution is -0.163. The number of amides is 1. The van der Waals surface area contributed by atoms with E-state index in [0.29, 0.717) is 6.42 Å². The van der Waals surface area contributed by atoms with Gasteiger partial charge < -0.3 is 19.5 Å². The number of ketones is 1. The predicted molar refractivity (Wildman–Crippen MR) is 98.4 cm³/mol. The Bertz CT molecular complexity index is 928. The first-order valence-electron chi connectivity index (χ1n) is 10.1. The Morgan fingerprint density at radius 2 is 1.97 bits per heavy atom. The van der Waals surface area contributed by atoms with Gasteiger partial charge in [0.15, 0.2) is 5.78 Å². The van der Waals surface area contributed by atoms with Crippen molar-refractivity contribution in [3.05, 3.63) is 48.0 Å². The maximum atomic E-state index is 12.7. The molecule has 0 radical (unpaired) electrons. The molecule has 4 fully saturated rings. The zero-order chi connectivity index (χ0) is 19.8. The first kappa shape index (κ1) is 17.2. The molecule has 1 N–H and O–H groups in total. The molecule has 3 aliphatic carbocycles. The van der Waals surface area contributed by atoms with Crippen molar-refractivity contribution in [2.45, 2.75) is 43.3 Å². The monoisotopic (exact) mass is 395 g/mol. The van der Waals surface area contributed by atoms with Crippen LogP contribution >= 0.6 is 0 Å². The number of hydrogen-bond donors (Lipinski definition) is 1. The summed E-state index contributed by atoms with van der Waals surface area (Å²) in [7, 11) is 0. The number of fused-ring (bicyclic) bond motifs is 8. The molecule has 6 rings (SSSR count). The Labute approximate surface area is 167 Å². The molecule has 150 valence electrons. The fourth-order valence-corrected chi connectivity index (χ4v) is 6.05. The molecule has 2 saturated heterocycles. The summed E-state index contributed by atoms with van der Waals surface area (Å²) in [6.45, 7) is 0.126. The van der Waals surface area contributed by atoms with E-state index in [1.54, 1.807) is 0 Å². The number of esters is 1. The third-order valence-electron chi connectivity index (χ3n) is 7.21. The van der Waals surface area contributed by atoms with Crippen LogP contribution in [0.5, 0.6) is 0 Å². The quantitative estimate of drug-likeness (QED) is 0.476. The number of ether oxygens (including phenoxy) is 3. The van der Waals surface area contributed by atoms with E-state index < -0.39 is 29.8 Å². The van der Waals surface area contributed by atoms with Gasteiger partial charge in [-0.05, 0) is 23.8 Å². The molecule has 2 saturated carbocycles. The first-order chi connectivity index (χ1) is 14.1. The number of Topliss-reactive ketones (excluding diaryl/α,β-unsaturated/α-hetero) is 1. The van der Waals surface area contributed by atoms with Gasteiger partial charge in [0.05, 0.1) is 0 Å². The van der Waals surface area contributed by atoms with Gasteiger partial charge in [-0.25, -0.2) is 9.59 Å². The number of nitrogens with one attached hydrogen (secondary N) is 1. The molecular weight excluding hydrogens is 374 g/mol. The molecule has 7 nitrogen and oxygen atoms in total. The molecule has 0 unspecified atom stereocenters. The molecule has 1 amide bonds. The van der Waals surface area contributed by atoms with Crippen molar-refractivity contribution in [2.75, 3.05) is 0 Å². The molecule has 1 aromatic carbocycles. The van der Waals surface area contributed by atoms with Gasteiger partial charge in [-0.3, -0.25) is 4.79 Å². The molecule has 2 bridgehead atoms. The van der Waals surface area contributed by atoms with Crippen LogP contribution in [0.4, 0.5) is 4.79 Å². The van der Waals surface area contributed by atoms with E-state index in [1.807, 2.05) is 30.3 Å². The third kappa shape index (κ3) is 2.43. The second-order valence-corrected chi connectivity index (χ2v) is 8.72. The van der Waals surface area contributed by atoms with E-state index in [-0.39, 0.29) is 42.2 Å². The number of hydrogen-bond acceptors (Lipinski definition) is 6. The van der Waals surface area contributed by atoms with Crippen molar-refractivity contribution in [3.63, 3.8) is 0 Å². The summed E-state index contributed by atoms with van der Waals surface area (Å²) in [5, 5.41) is 2.65. The summed E-state index contributed by atoms with van der Waals surface area (Å²) in [5.41, 5.74) is 0.0340. The summed E-state index contributed by atoms with van der Waals surface area (Å²) in [6.07, 6.45) is 3.99. The van der Waals surface area contributed by atoms with Crippen LogP contribution in [-0.2, 0) is 30.4 Å². The number of epoxide rings is 1. The maximum Gasteiger partial charge on any atom is 0.408 e.